The number of hydrogen-bond donors (Lipinski definition) is 0. The van der Waals surface area contributed by atoms with Gasteiger partial charge < -0.3 is 9.94 Å². The normalized spacial score (nSPS) is 11.3. The van der Waals surface area contributed by atoms with Crippen LogP contribution < -0.4 is 4.73 Å². The fourth-order valence-corrected chi connectivity index (χ4v) is 2.35. The molecule has 4 nitrogen and oxygen atoms in total. The summed E-state index contributed by atoms with van der Waals surface area (Å²) in [4.78, 5) is 11.5. The van der Waals surface area contributed by atoms with Crippen molar-refractivity contribution in [2.75, 3.05) is 7.11 Å². The molecule has 0 amide bonds. The van der Waals surface area contributed by atoms with Crippen molar-refractivity contribution in [2.24, 2.45) is 0 Å². The molecule has 5 heteroatoms. The van der Waals surface area contributed by atoms with E-state index in [1.807, 2.05) is 24.3 Å². The summed E-state index contributed by atoms with van der Waals surface area (Å²) in [7, 11) is 1.24. The van der Waals surface area contributed by atoms with E-state index in [1.54, 1.807) is 0 Å². The van der Waals surface area contributed by atoms with Gasteiger partial charge in [-0.1, -0.05) is 44.5 Å². The van der Waals surface area contributed by atoms with E-state index in [-0.39, 0.29) is 16.0 Å². The predicted octanol–water partition coefficient (Wildman–Crippen LogP) is 3.72. The highest BCUT2D eigenvalue weighted by Gasteiger charge is 2.20. The van der Waals surface area contributed by atoms with Gasteiger partial charge in [0.05, 0.1) is 12.1 Å². The Kier molecular flexibility index (Phi) is 4.42. The molecule has 0 saturated heterocycles. The van der Waals surface area contributed by atoms with Crippen LogP contribution in [0.2, 0.25) is 5.02 Å². The van der Waals surface area contributed by atoms with Crippen molar-refractivity contribution in [1.82, 2.24) is 0 Å². The highest BCUT2D eigenvalue weighted by Crippen LogP contribution is 2.26. The number of methoxy groups -OCH3 is 1. The first-order valence-corrected chi connectivity index (χ1v) is 7.24. The second-order valence-electron chi connectivity index (χ2n) is 6.07. The molecule has 2 aromatic rings. The van der Waals surface area contributed by atoms with E-state index in [9.17, 15) is 10.0 Å². The van der Waals surface area contributed by atoms with E-state index in [0.717, 1.165) is 11.8 Å². The van der Waals surface area contributed by atoms with Gasteiger partial charge in [0, 0.05) is 11.6 Å². The Hall–Kier alpha value is -2.07. The fraction of sp³-hybridized carbons (Fsp3) is 0.294. The van der Waals surface area contributed by atoms with Crippen LogP contribution in [0, 0.1) is 5.21 Å². The number of carbonyl (C=O) groups is 1. The molecule has 0 aliphatic rings. The van der Waals surface area contributed by atoms with Crippen LogP contribution in [0.15, 0.2) is 36.5 Å². The van der Waals surface area contributed by atoms with E-state index in [1.165, 1.54) is 18.7 Å². The van der Waals surface area contributed by atoms with Gasteiger partial charge in [-0.15, -0.1) is 0 Å². The standard InChI is InChI=1S/C17H18ClNO3/c1-17(2,3)12-7-5-11(6-8-12)15-9-14(18)13(10-19(15)21)16(20)22-4/h5-10H,1-4H3. The van der Waals surface area contributed by atoms with Crippen LogP contribution >= 0.6 is 11.6 Å². The minimum Gasteiger partial charge on any atom is -0.618 e. The van der Waals surface area contributed by atoms with Gasteiger partial charge in [-0.3, -0.25) is 0 Å². The van der Waals surface area contributed by atoms with Crippen LogP contribution in [0.4, 0.5) is 0 Å². The van der Waals surface area contributed by atoms with Crippen LogP contribution in [0.1, 0.15) is 36.7 Å². The Balaban J connectivity index is 2.45. The van der Waals surface area contributed by atoms with Gasteiger partial charge >= 0.3 is 5.97 Å². The molecular weight excluding hydrogens is 302 g/mol. The molecule has 0 aliphatic carbocycles. The van der Waals surface area contributed by atoms with Crippen molar-refractivity contribution < 1.29 is 14.3 Å². The second-order valence-corrected chi connectivity index (χ2v) is 6.47. The second kappa shape index (κ2) is 5.97. The fourth-order valence-electron chi connectivity index (χ4n) is 2.12. The first-order chi connectivity index (χ1) is 10.2. The molecule has 116 valence electrons. The number of pyridine rings is 1. The van der Waals surface area contributed by atoms with Gasteiger partial charge in [0.15, 0.2) is 6.20 Å². The molecular formula is C17H18ClNO3. The zero-order chi connectivity index (χ0) is 16.5. The van der Waals surface area contributed by atoms with Gasteiger partial charge in [0.25, 0.3) is 0 Å². The molecule has 2 rings (SSSR count). The molecule has 0 saturated carbocycles. The highest BCUT2D eigenvalue weighted by atomic mass is 35.5. The number of esters is 1. The number of carbonyl (C=O) groups excluding carboxylic acids is 1. The molecule has 0 N–H and O–H groups in total. The Morgan fingerprint density at radius 3 is 2.32 bits per heavy atom. The van der Waals surface area contributed by atoms with E-state index in [2.05, 4.69) is 25.5 Å². The lowest BCUT2D eigenvalue weighted by Crippen LogP contribution is -2.30. The molecule has 0 aliphatic heterocycles. The molecule has 0 bridgehead atoms. The summed E-state index contributed by atoms with van der Waals surface area (Å²) in [6, 6.07) is 9.19. The summed E-state index contributed by atoms with van der Waals surface area (Å²) in [5.74, 6) is -0.635. The molecule has 1 aromatic heterocycles. The molecule has 0 atom stereocenters. The van der Waals surface area contributed by atoms with Crippen molar-refractivity contribution in [3.8, 4) is 11.3 Å². The molecule has 0 spiro atoms. The lowest BCUT2D eigenvalue weighted by molar-refractivity contribution is -0.593. The van der Waals surface area contributed by atoms with Crippen molar-refractivity contribution >= 4 is 17.6 Å². The molecule has 22 heavy (non-hydrogen) atoms. The Morgan fingerprint density at radius 2 is 1.82 bits per heavy atom. The zero-order valence-electron chi connectivity index (χ0n) is 13.0. The summed E-state index contributed by atoms with van der Waals surface area (Å²) in [6.45, 7) is 6.37. The summed E-state index contributed by atoms with van der Waals surface area (Å²) in [5.41, 5.74) is 2.39. The van der Waals surface area contributed by atoms with Gasteiger partial charge in [-0.2, -0.15) is 4.73 Å². The van der Waals surface area contributed by atoms with Crippen LogP contribution in [0.25, 0.3) is 11.3 Å². The van der Waals surface area contributed by atoms with Crippen molar-refractivity contribution in [3.05, 3.63) is 57.9 Å². The van der Waals surface area contributed by atoms with Gasteiger partial charge in [0.1, 0.15) is 5.56 Å². The summed E-state index contributed by atoms with van der Waals surface area (Å²) in [6.07, 6.45) is 1.14. The smallest absolute Gasteiger partial charge is 0.345 e. The SMILES string of the molecule is COC(=O)c1c[n+]([O-])c(-c2ccc(C(C)(C)C)cc2)cc1Cl. The third kappa shape index (κ3) is 3.22. The Morgan fingerprint density at radius 1 is 1.23 bits per heavy atom. The minimum atomic E-state index is -0.635. The number of hydrogen-bond acceptors (Lipinski definition) is 3. The minimum absolute atomic E-state index is 0.0400. The van der Waals surface area contributed by atoms with Gasteiger partial charge in [-0.05, 0) is 23.1 Å². The predicted molar refractivity (Wildman–Crippen MR) is 85.9 cm³/mol. The molecule has 1 heterocycles. The van der Waals surface area contributed by atoms with Gasteiger partial charge in [0.2, 0.25) is 5.69 Å². The van der Waals surface area contributed by atoms with E-state index < -0.39 is 5.97 Å². The molecule has 0 unspecified atom stereocenters. The van der Waals surface area contributed by atoms with Crippen molar-refractivity contribution in [2.45, 2.75) is 26.2 Å². The number of benzene rings is 1. The maximum atomic E-state index is 12.1. The Bertz CT molecular complexity index is 703. The van der Waals surface area contributed by atoms with E-state index in [4.69, 9.17) is 11.6 Å². The topological polar surface area (TPSA) is 53.2 Å². The van der Waals surface area contributed by atoms with E-state index in [0.29, 0.717) is 10.4 Å². The molecule has 0 fully saturated rings. The number of rotatable bonds is 2. The lowest BCUT2D eigenvalue weighted by Gasteiger charge is -2.19. The van der Waals surface area contributed by atoms with Crippen LogP contribution in [-0.2, 0) is 10.2 Å². The maximum absolute atomic E-state index is 12.1. The number of ether oxygens (including phenoxy) is 1. The average molecular weight is 320 g/mol. The first-order valence-electron chi connectivity index (χ1n) is 6.86. The zero-order valence-corrected chi connectivity index (χ0v) is 13.8. The quantitative estimate of drug-likeness (QED) is 0.481. The lowest BCUT2D eigenvalue weighted by atomic mass is 9.86. The molecule has 0 radical (unpaired) electrons. The summed E-state index contributed by atoms with van der Waals surface area (Å²) < 4.78 is 5.22. The third-order valence-electron chi connectivity index (χ3n) is 3.46. The Labute approximate surface area is 134 Å². The van der Waals surface area contributed by atoms with Crippen LogP contribution in [0.3, 0.4) is 0 Å². The highest BCUT2D eigenvalue weighted by molar-refractivity contribution is 6.33. The van der Waals surface area contributed by atoms with Crippen LogP contribution in [-0.4, -0.2) is 13.1 Å². The number of halogens is 1. The molecule has 1 aromatic carbocycles. The summed E-state index contributed by atoms with van der Waals surface area (Å²) >= 11 is 6.08. The van der Waals surface area contributed by atoms with E-state index >= 15 is 0 Å². The number of nitrogens with zero attached hydrogens (tertiary/aromatic N) is 1. The van der Waals surface area contributed by atoms with Gasteiger partial charge in [-0.25, -0.2) is 4.79 Å². The average Bonchev–Trinajstić information content (AvgIpc) is 2.47. The summed E-state index contributed by atoms with van der Waals surface area (Å²) in [5, 5.41) is 12.3. The maximum Gasteiger partial charge on any atom is 0.345 e. The van der Waals surface area contributed by atoms with Crippen molar-refractivity contribution in [3.63, 3.8) is 0 Å². The largest absolute Gasteiger partial charge is 0.618 e. The number of aromatic nitrogens is 1. The van der Waals surface area contributed by atoms with Crippen LogP contribution in [0.5, 0.6) is 0 Å². The first kappa shape index (κ1) is 16.3. The monoisotopic (exact) mass is 319 g/mol. The third-order valence-corrected chi connectivity index (χ3v) is 3.77. The van der Waals surface area contributed by atoms with Crippen molar-refractivity contribution in [1.29, 1.82) is 0 Å².